The fraction of sp³-hybridized carbons (Fsp3) is 0.929. The molecule has 0 amide bonds. The van der Waals surface area contributed by atoms with E-state index in [1.165, 1.54) is 33.0 Å². The molecule has 0 spiro atoms. The molecule has 1 unspecified atom stereocenters. The lowest BCUT2D eigenvalue weighted by Gasteiger charge is -2.32. The van der Waals surface area contributed by atoms with Gasteiger partial charge in [-0.1, -0.05) is 0 Å². The van der Waals surface area contributed by atoms with Crippen molar-refractivity contribution < 1.29 is 9.53 Å². The van der Waals surface area contributed by atoms with Gasteiger partial charge in [-0.3, -0.25) is 4.79 Å². The summed E-state index contributed by atoms with van der Waals surface area (Å²) >= 11 is 0. The number of nitrogens with zero attached hydrogens (tertiary/aromatic N) is 2. The minimum absolute atomic E-state index is 0.333. The lowest BCUT2D eigenvalue weighted by atomic mass is 9.95. The summed E-state index contributed by atoms with van der Waals surface area (Å²) in [5, 5.41) is 0. The number of carbonyl (C=O) groups is 1. The number of ether oxygens (including phenoxy) is 1. The van der Waals surface area contributed by atoms with Gasteiger partial charge in [-0.05, 0) is 59.3 Å². The van der Waals surface area contributed by atoms with E-state index in [0.29, 0.717) is 6.42 Å². The van der Waals surface area contributed by atoms with Crippen molar-refractivity contribution >= 4 is 5.97 Å². The number of esters is 1. The zero-order chi connectivity index (χ0) is 14.5. The number of nitrogens with two attached hydrogens (primary N) is 1. The first kappa shape index (κ1) is 16.4. The average molecular weight is 271 g/mol. The Morgan fingerprint density at radius 3 is 2.58 bits per heavy atom. The molecule has 0 bridgehead atoms. The molecular formula is C14H29N3O2. The Bertz CT molecular complexity index is 286. The third-order valence-electron chi connectivity index (χ3n) is 4.07. The summed E-state index contributed by atoms with van der Waals surface area (Å²) in [7, 11) is 5.66. The molecule has 1 fully saturated rings. The molecule has 0 aliphatic carbocycles. The SMILES string of the molecule is COC(=O)C(C)(N)CCN(C)CC1CCN(C)CC1. The second kappa shape index (κ2) is 7.22. The van der Waals surface area contributed by atoms with E-state index in [0.717, 1.165) is 19.0 Å². The van der Waals surface area contributed by atoms with Gasteiger partial charge in [-0.25, -0.2) is 0 Å². The summed E-state index contributed by atoms with van der Waals surface area (Å²) < 4.78 is 4.72. The van der Waals surface area contributed by atoms with E-state index in [9.17, 15) is 4.79 Å². The van der Waals surface area contributed by atoms with Crippen molar-refractivity contribution in [3.63, 3.8) is 0 Å². The molecule has 5 nitrogen and oxygen atoms in total. The van der Waals surface area contributed by atoms with Crippen LogP contribution in [0.15, 0.2) is 0 Å². The summed E-state index contributed by atoms with van der Waals surface area (Å²) in [4.78, 5) is 16.2. The predicted octanol–water partition coefficient (Wildman–Crippen LogP) is 0.541. The van der Waals surface area contributed by atoms with Crippen LogP contribution in [-0.2, 0) is 9.53 Å². The van der Waals surface area contributed by atoms with Gasteiger partial charge in [-0.15, -0.1) is 0 Å². The second-order valence-corrected chi connectivity index (χ2v) is 6.17. The van der Waals surface area contributed by atoms with Crippen LogP contribution < -0.4 is 5.73 Å². The van der Waals surface area contributed by atoms with Gasteiger partial charge < -0.3 is 20.3 Å². The number of hydrogen-bond acceptors (Lipinski definition) is 5. The summed E-state index contributed by atoms with van der Waals surface area (Å²) in [5.41, 5.74) is 5.08. The Hall–Kier alpha value is -0.650. The topological polar surface area (TPSA) is 58.8 Å². The maximum absolute atomic E-state index is 11.5. The highest BCUT2D eigenvalue weighted by Gasteiger charge is 2.29. The van der Waals surface area contributed by atoms with E-state index in [2.05, 4.69) is 23.9 Å². The summed E-state index contributed by atoms with van der Waals surface area (Å²) in [6.45, 7) is 6.03. The number of likely N-dealkylation sites (tertiary alicyclic amines) is 1. The highest BCUT2D eigenvalue weighted by atomic mass is 16.5. The van der Waals surface area contributed by atoms with Crippen molar-refractivity contribution in [2.45, 2.75) is 31.7 Å². The van der Waals surface area contributed by atoms with Gasteiger partial charge in [0, 0.05) is 13.1 Å². The zero-order valence-corrected chi connectivity index (χ0v) is 12.8. The summed E-state index contributed by atoms with van der Waals surface area (Å²) in [5.74, 6) is 0.434. The van der Waals surface area contributed by atoms with Gasteiger partial charge in [-0.2, -0.15) is 0 Å². The molecular weight excluding hydrogens is 242 g/mol. The molecule has 1 aliphatic heterocycles. The van der Waals surface area contributed by atoms with Crippen LogP contribution in [0.25, 0.3) is 0 Å². The van der Waals surface area contributed by atoms with Gasteiger partial charge >= 0.3 is 5.97 Å². The van der Waals surface area contributed by atoms with Gasteiger partial charge in [0.2, 0.25) is 0 Å². The van der Waals surface area contributed by atoms with E-state index in [1.54, 1.807) is 6.92 Å². The second-order valence-electron chi connectivity index (χ2n) is 6.17. The van der Waals surface area contributed by atoms with Crippen molar-refractivity contribution in [1.29, 1.82) is 0 Å². The molecule has 1 aliphatic rings. The fourth-order valence-electron chi connectivity index (χ4n) is 2.54. The van der Waals surface area contributed by atoms with Crippen molar-refractivity contribution in [3.8, 4) is 0 Å². The van der Waals surface area contributed by atoms with Crippen molar-refractivity contribution in [2.24, 2.45) is 11.7 Å². The Labute approximate surface area is 117 Å². The molecule has 2 N–H and O–H groups in total. The third kappa shape index (κ3) is 5.47. The lowest BCUT2D eigenvalue weighted by molar-refractivity contribution is -0.146. The van der Waals surface area contributed by atoms with E-state index in [1.807, 2.05) is 0 Å². The van der Waals surface area contributed by atoms with Crippen LogP contribution in [0.4, 0.5) is 0 Å². The first-order chi connectivity index (χ1) is 8.85. The molecule has 1 rings (SSSR count). The quantitative estimate of drug-likeness (QED) is 0.715. The molecule has 1 heterocycles. The number of rotatable bonds is 6. The summed E-state index contributed by atoms with van der Waals surface area (Å²) in [6, 6.07) is 0. The molecule has 0 aromatic rings. The van der Waals surface area contributed by atoms with Crippen LogP contribution >= 0.6 is 0 Å². The number of piperidine rings is 1. The van der Waals surface area contributed by atoms with Crippen LogP contribution in [0, 0.1) is 5.92 Å². The van der Waals surface area contributed by atoms with E-state index in [-0.39, 0.29) is 5.97 Å². The Morgan fingerprint density at radius 1 is 1.47 bits per heavy atom. The Balaban J connectivity index is 2.27. The summed E-state index contributed by atoms with van der Waals surface area (Å²) in [6.07, 6.45) is 3.15. The lowest BCUT2D eigenvalue weighted by Crippen LogP contribution is -2.48. The Kier molecular flexibility index (Phi) is 6.23. The van der Waals surface area contributed by atoms with Crippen LogP contribution in [0.5, 0.6) is 0 Å². The fourth-order valence-corrected chi connectivity index (χ4v) is 2.54. The molecule has 1 saturated heterocycles. The number of hydrogen-bond donors (Lipinski definition) is 1. The van der Waals surface area contributed by atoms with Crippen molar-refractivity contribution in [1.82, 2.24) is 9.80 Å². The molecule has 0 radical (unpaired) electrons. The molecule has 112 valence electrons. The molecule has 19 heavy (non-hydrogen) atoms. The zero-order valence-electron chi connectivity index (χ0n) is 12.8. The molecule has 1 atom stereocenters. The van der Waals surface area contributed by atoms with E-state index in [4.69, 9.17) is 10.5 Å². The average Bonchev–Trinajstić information content (AvgIpc) is 2.38. The van der Waals surface area contributed by atoms with Gasteiger partial charge in [0.1, 0.15) is 5.54 Å². The number of methoxy groups -OCH3 is 1. The minimum atomic E-state index is -0.879. The van der Waals surface area contributed by atoms with Crippen LogP contribution in [-0.4, -0.2) is 68.7 Å². The maximum atomic E-state index is 11.5. The van der Waals surface area contributed by atoms with Gasteiger partial charge in [0.05, 0.1) is 7.11 Å². The highest BCUT2D eigenvalue weighted by Crippen LogP contribution is 2.17. The minimum Gasteiger partial charge on any atom is -0.468 e. The Morgan fingerprint density at radius 2 is 2.05 bits per heavy atom. The largest absolute Gasteiger partial charge is 0.468 e. The number of carbonyl (C=O) groups excluding carboxylic acids is 1. The van der Waals surface area contributed by atoms with Crippen molar-refractivity contribution in [3.05, 3.63) is 0 Å². The molecule has 0 aromatic heterocycles. The predicted molar refractivity (Wildman–Crippen MR) is 76.9 cm³/mol. The van der Waals surface area contributed by atoms with Crippen molar-refractivity contribution in [2.75, 3.05) is 47.4 Å². The van der Waals surface area contributed by atoms with Gasteiger partial charge in [0.15, 0.2) is 0 Å². The third-order valence-corrected chi connectivity index (χ3v) is 4.07. The first-order valence-corrected chi connectivity index (χ1v) is 7.09. The van der Waals surface area contributed by atoms with E-state index < -0.39 is 5.54 Å². The van der Waals surface area contributed by atoms with Crippen LogP contribution in [0.1, 0.15) is 26.2 Å². The van der Waals surface area contributed by atoms with Crippen LogP contribution in [0.3, 0.4) is 0 Å². The molecule has 0 saturated carbocycles. The highest BCUT2D eigenvalue weighted by molar-refractivity contribution is 5.79. The molecule has 0 aromatic carbocycles. The standard InChI is InChI=1S/C14H29N3O2/c1-14(15,13(18)19-4)7-10-17(3)11-12-5-8-16(2)9-6-12/h12H,5-11,15H2,1-4H3. The monoisotopic (exact) mass is 271 g/mol. The molecule has 5 heteroatoms. The first-order valence-electron chi connectivity index (χ1n) is 7.09. The van der Waals surface area contributed by atoms with Crippen LogP contribution in [0.2, 0.25) is 0 Å². The van der Waals surface area contributed by atoms with Gasteiger partial charge in [0.25, 0.3) is 0 Å². The normalized spacial score (nSPS) is 21.4. The smallest absolute Gasteiger partial charge is 0.325 e. The maximum Gasteiger partial charge on any atom is 0.325 e. The van der Waals surface area contributed by atoms with E-state index >= 15 is 0 Å².